The lowest BCUT2D eigenvalue weighted by atomic mass is 10.0. The van der Waals surface area contributed by atoms with Gasteiger partial charge in [-0.15, -0.1) is 0 Å². The lowest BCUT2D eigenvalue weighted by Gasteiger charge is -2.39. The van der Waals surface area contributed by atoms with E-state index in [0.29, 0.717) is 26.1 Å². The Morgan fingerprint density at radius 1 is 1.18 bits per heavy atom. The van der Waals surface area contributed by atoms with Crippen LogP contribution in [0.1, 0.15) is 31.4 Å². The smallest absolute Gasteiger partial charge is 0.328 e. The maximum absolute atomic E-state index is 12.5. The summed E-state index contributed by atoms with van der Waals surface area (Å²) in [4.78, 5) is 26.3. The van der Waals surface area contributed by atoms with Gasteiger partial charge in [-0.2, -0.15) is 5.10 Å². The van der Waals surface area contributed by atoms with Crippen molar-refractivity contribution in [1.82, 2.24) is 31.0 Å². The molecule has 28 heavy (non-hydrogen) atoms. The number of hydrogen-bond donors (Lipinski definition) is 4. The molecule has 2 fully saturated rings. The van der Waals surface area contributed by atoms with Crippen LogP contribution < -0.4 is 16.0 Å². The van der Waals surface area contributed by atoms with Gasteiger partial charge >= 0.3 is 12.1 Å². The fraction of sp³-hybridized carbons (Fsp3) is 0.421. The SMILES string of the molecule is C[C@H](NC1NC(=O)N(C2CCOCC2)C(=O)N1)c1cccc(-c2ccn[nH]2)c1. The van der Waals surface area contributed by atoms with Crippen LogP contribution in [-0.4, -0.2) is 52.7 Å². The van der Waals surface area contributed by atoms with Gasteiger partial charge in [-0.1, -0.05) is 18.2 Å². The maximum atomic E-state index is 12.5. The summed E-state index contributed by atoms with van der Waals surface area (Å²) in [6.07, 6.45) is 2.40. The first-order valence-electron chi connectivity index (χ1n) is 9.45. The van der Waals surface area contributed by atoms with E-state index in [0.717, 1.165) is 16.8 Å². The molecule has 1 aromatic carbocycles. The summed E-state index contributed by atoms with van der Waals surface area (Å²) < 4.78 is 5.31. The Kier molecular flexibility index (Phi) is 5.27. The maximum Gasteiger partial charge on any atom is 0.328 e. The second-order valence-corrected chi connectivity index (χ2v) is 7.03. The summed E-state index contributed by atoms with van der Waals surface area (Å²) in [5.41, 5.74) is 2.98. The number of ether oxygens (including phenoxy) is 1. The normalized spacial score (nSPS) is 20.0. The Bertz CT molecular complexity index is 816. The first-order chi connectivity index (χ1) is 13.6. The number of urea groups is 2. The van der Waals surface area contributed by atoms with Gasteiger partial charge in [-0.3, -0.25) is 10.4 Å². The van der Waals surface area contributed by atoms with Crippen LogP contribution in [0.4, 0.5) is 9.59 Å². The number of carbonyl (C=O) groups is 2. The molecule has 2 aliphatic heterocycles. The van der Waals surface area contributed by atoms with Gasteiger partial charge in [0.15, 0.2) is 6.29 Å². The van der Waals surface area contributed by atoms with Gasteiger partial charge in [0.1, 0.15) is 0 Å². The number of carbonyl (C=O) groups excluding carboxylic acids is 2. The third-order valence-electron chi connectivity index (χ3n) is 5.14. The number of H-pyrrole nitrogens is 1. The van der Waals surface area contributed by atoms with Crippen molar-refractivity contribution >= 4 is 12.1 Å². The predicted octanol–water partition coefficient (Wildman–Crippen LogP) is 1.92. The van der Waals surface area contributed by atoms with Gasteiger partial charge in [0.05, 0.1) is 5.69 Å². The molecule has 9 nitrogen and oxygen atoms in total. The van der Waals surface area contributed by atoms with Crippen molar-refractivity contribution in [2.45, 2.75) is 38.1 Å². The van der Waals surface area contributed by atoms with Crippen LogP contribution in [0.25, 0.3) is 11.3 Å². The third-order valence-corrected chi connectivity index (χ3v) is 5.14. The van der Waals surface area contributed by atoms with E-state index in [1.165, 1.54) is 4.90 Å². The minimum atomic E-state index is -0.637. The Hall–Kier alpha value is -2.91. The second-order valence-electron chi connectivity index (χ2n) is 7.03. The minimum absolute atomic E-state index is 0.0944. The summed E-state index contributed by atoms with van der Waals surface area (Å²) in [5, 5.41) is 15.8. The average Bonchev–Trinajstić information content (AvgIpc) is 3.23. The molecule has 3 heterocycles. The van der Waals surface area contributed by atoms with E-state index < -0.39 is 6.29 Å². The first-order valence-corrected chi connectivity index (χ1v) is 9.45. The number of amides is 4. The van der Waals surface area contributed by atoms with E-state index in [4.69, 9.17) is 4.74 Å². The molecule has 0 radical (unpaired) electrons. The molecule has 4 N–H and O–H groups in total. The molecule has 4 amide bonds. The van der Waals surface area contributed by atoms with E-state index in [9.17, 15) is 9.59 Å². The van der Waals surface area contributed by atoms with Crippen molar-refractivity contribution in [2.75, 3.05) is 13.2 Å². The number of hydrogen-bond acceptors (Lipinski definition) is 5. The number of nitrogens with zero attached hydrogens (tertiary/aromatic N) is 2. The molecule has 9 heteroatoms. The van der Waals surface area contributed by atoms with E-state index >= 15 is 0 Å². The number of nitrogens with one attached hydrogen (secondary N) is 4. The van der Waals surface area contributed by atoms with Crippen LogP contribution in [-0.2, 0) is 4.74 Å². The Morgan fingerprint density at radius 3 is 2.61 bits per heavy atom. The summed E-state index contributed by atoms with van der Waals surface area (Å²) in [6.45, 7) is 3.11. The van der Waals surface area contributed by atoms with Crippen LogP contribution in [0.15, 0.2) is 36.5 Å². The van der Waals surface area contributed by atoms with Crippen LogP contribution >= 0.6 is 0 Å². The highest BCUT2D eigenvalue weighted by atomic mass is 16.5. The van der Waals surface area contributed by atoms with Crippen LogP contribution in [0.2, 0.25) is 0 Å². The molecule has 148 valence electrons. The Balaban J connectivity index is 1.40. The monoisotopic (exact) mass is 384 g/mol. The highest BCUT2D eigenvalue weighted by Gasteiger charge is 2.37. The predicted molar refractivity (Wildman–Crippen MR) is 102 cm³/mol. The summed E-state index contributed by atoms with van der Waals surface area (Å²) in [7, 11) is 0. The van der Waals surface area contributed by atoms with Crippen molar-refractivity contribution in [2.24, 2.45) is 0 Å². The number of benzene rings is 1. The van der Waals surface area contributed by atoms with E-state index in [2.05, 4.69) is 26.1 Å². The summed E-state index contributed by atoms with van der Waals surface area (Å²) in [5.74, 6) is 0. The lowest BCUT2D eigenvalue weighted by molar-refractivity contribution is 0.0492. The van der Waals surface area contributed by atoms with E-state index in [1.807, 2.05) is 37.3 Å². The van der Waals surface area contributed by atoms with Crippen molar-refractivity contribution in [3.8, 4) is 11.3 Å². The standard InChI is InChI=1S/C19H24N6O3/c1-12(13-3-2-4-14(11-13)16-5-8-20-24-16)21-17-22-18(26)25(19(27)23-17)15-6-9-28-10-7-15/h2-5,8,11-12,15,17,21H,6-7,9-10H2,1H3,(H,20,24)(H,22,26)(H,23,27)/t12-/m0/s1. The van der Waals surface area contributed by atoms with Gasteiger partial charge in [-0.25, -0.2) is 14.5 Å². The van der Waals surface area contributed by atoms with Crippen molar-refractivity contribution in [3.05, 3.63) is 42.1 Å². The minimum Gasteiger partial charge on any atom is -0.381 e. The van der Waals surface area contributed by atoms with Crippen LogP contribution in [0.5, 0.6) is 0 Å². The van der Waals surface area contributed by atoms with Crippen LogP contribution in [0.3, 0.4) is 0 Å². The molecule has 2 aliphatic rings. The number of aromatic nitrogens is 2. The molecule has 1 aromatic heterocycles. The zero-order valence-corrected chi connectivity index (χ0v) is 15.6. The number of rotatable bonds is 5. The van der Waals surface area contributed by atoms with Gasteiger partial charge in [0.25, 0.3) is 0 Å². The van der Waals surface area contributed by atoms with Crippen molar-refractivity contribution in [1.29, 1.82) is 0 Å². The Morgan fingerprint density at radius 2 is 1.93 bits per heavy atom. The molecule has 0 unspecified atom stereocenters. The fourth-order valence-corrected chi connectivity index (χ4v) is 3.61. The van der Waals surface area contributed by atoms with Gasteiger partial charge < -0.3 is 15.4 Å². The van der Waals surface area contributed by atoms with Crippen molar-refractivity contribution in [3.63, 3.8) is 0 Å². The number of aromatic amines is 1. The quantitative estimate of drug-likeness (QED) is 0.629. The van der Waals surface area contributed by atoms with Gasteiger partial charge in [0.2, 0.25) is 0 Å². The highest BCUT2D eigenvalue weighted by Crippen LogP contribution is 2.22. The Labute approximate surface area is 162 Å². The fourth-order valence-electron chi connectivity index (χ4n) is 3.61. The lowest BCUT2D eigenvalue weighted by Crippen LogP contribution is -2.70. The molecular weight excluding hydrogens is 360 g/mol. The molecule has 4 rings (SSSR count). The zero-order valence-electron chi connectivity index (χ0n) is 15.6. The summed E-state index contributed by atoms with van der Waals surface area (Å²) >= 11 is 0. The van der Waals surface area contributed by atoms with Crippen LogP contribution in [0, 0.1) is 0 Å². The van der Waals surface area contributed by atoms with E-state index in [1.54, 1.807) is 6.20 Å². The molecular formula is C19H24N6O3. The summed E-state index contributed by atoms with van der Waals surface area (Å²) in [6, 6.07) is 8.93. The highest BCUT2D eigenvalue weighted by molar-refractivity contribution is 5.96. The average molecular weight is 384 g/mol. The van der Waals surface area contributed by atoms with E-state index in [-0.39, 0.29) is 24.1 Å². The molecule has 0 spiro atoms. The second kappa shape index (κ2) is 7.99. The topological polar surface area (TPSA) is 111 Å². The third kappa shape index (κ3) is 3.85. The van der Waals surface area contributed by atoms with Gasteiger partial charge in [-0.05, 0) is 43.0 Å². The van der Waals surface area contributed by atoms with Crippen molar-refractivity contribution < 1.29 is 14.3 Å². The first kappa shape index (κ1) is 18.5. The zero-order chi connectivity index (χ0) is 19.5. The largest absolute Gasteiger partial charge is 0.381 e. The number of imide groups is 1. The molecule has 0 aliphatic carbocycles. The molecule has 1 atom stereocenters. The van der Waals surface area contributed by atoms with Gasteiger partial charge in [0, 0.05) is 31.5 Å². The molecule has 0 saturated carbocycles. The molecule has 2 saturated heterocycles. The molecule has 0 bridgehead atoms. The molecule has 2 aromatic rings.